The number of anilines is 2. The molecule has 7 nitrogen and oxygen atoms in total. The van der Waals surface area contributed by atoms with Gasteiger partial charge in [0.1, 0.15) is 0 Å². The van der Waals surface area contributed by atoms with E-state index in [-0.39, 0.29) is 11.6 Å². The minimum atomic E-state index is -0.498. The smallest absolute Gasteiger partial charge is 0.274 e. The SMILES string of the molecule is CC(=O)Nc1cccc(C(=O)Nc2ccc(C)c([N+](=O)[O-])c2)c1. The number of aryl methyl sites for hydroxylation is 1. The van der Waals surface area contributed by atoms with E-state index in [9.17, 15) is 19.7 Å². The number of nitrogens with one attached hydrogen (secondary N) is 2. The van der Waals surface area contributed by atoms with Crippen molar-refractivity contribution in [3.05, 3.63) is 63.7 Å². The Hall–Kier alpha value is -3.22. The standard InChI is InChI=1S/C16H15N3O4/c1-10-6-7-14(9-15(10)19(22)23)18-16(21)12-4-3-5-13(8-12)17-11(2)20/h3-9H,1-2H3,(H,17,20)(H,18,21). The fraction of sp³-hybridized carbons (Fsp3) is 0.125. The second-order valence-corrected chi connectivity index (χ2v) is 4.97. The summed E-state index contributed by atoms with van der Waals surface area (Å²) in [5.74, 6) is -0.660. The fourth-order valence-corrected chi connectivity index (χ4v) is 2.03. The number of carbonyl (C=O) groups excluding carboxylic acids is 2. The molecular weight excluding hydrogens is 298 g/mol. The van der Waals surface area contributed by atoms with Gasteiger partial charge in [0.2, 0.25) is 5.91 Å². The van der Waals surface area contributed by atoms with Crippen LogP contribution in [0.1, 0.15) is 22.8 Å². The molecular formula is C16H15N3O4. The normalized spacial score (nSPS) is 10.0. The van der Waals surface area contributed by atoms with Gasteiger partial charge in [-0.2, -0.15) is 0 Å². The number of rotatable bonds is 4. The van der Waals surface area contributed by atoms with Crippen molar-refractivity contribution >= 4 is 28.9 Å². The van der Waals surface area contributed by atoms with Gasteiger partial charge < -0.3 is 10.6 Å². The van der Waals surface area contributed by atoms with Crippen molar-refractivity contribution in [2.24, 2.45) is 0 Å². The Morgan fingerprint density at radius 2 is 1.74 bits per heavy atom. The van der Waals surface area contributed by atoms with Gasteiger partial charge in [-0.3, -0.25) is 19.7 Å². The second kappa shape index (κ2) is 6.69. The first-order chi connectivity index (χ1) is 10.9. The molecule has 0 aliphatic carbocycles. The van der Waals surface area contributed by atoms with Crippen LogP contribution in [-0.4, -0.2) is 16.7 Å². The Morgan fingerprint density at radius 1 is 1.04 bits per heavy atom. The Bertz CT molecular complexity index is 787. The molecule has 0 heterocycles. The molecule has 118 valence electrons. The van der Waals surface area contributed by atoms with Crippen molar-refractivity contribution < 1.29 is 14.5 Å². The number of nitrogens with zero attached hydrogens (tertiary/aromatic N) is 1. The lowest BCUT2D eigenvalue weighted by atomic mass is 10.1. The van der Waals surface area contributed by atoms with Crippen LogP contribution in [-0.2, 0) is 4.79 Å². The minimum Gasteiger partial charge on any atom is -0.326 e. The molecule has 0 spiro atoms. The average molecular weight is 313 g/mol. The summed E-state index contributed by atoms with van der Waals surface area (Å²) in [5, 5.41) is 16.1. The first kappa shape index (κ1) is 16.2. The molecule has 0 aliphatic rings. The summed E-state index contributed by atoms with van der Waals surface area (Å²) >= 11 is 0. The van der Waals surface area contributed by atoms with Crippen LogP contribution in [0.25, 0.3) is 0 Å². The number of nitro groups is 1. The van der Waals surface area contributed by atoms with E-state index in [1.807, 2.05) is 0 Å². The van der Waals surface area contributed by atoms with Gasteiger partial charge in [0.15, 0.2) is 0 Å². The molecule has 2 amide bonds. The number of amides is 2. The molecule has 0 aromatic heterocycles. The number of benzene rings is 2. The number of hydrogen-bond acceptors (Lipinski definition) is 4. The van der Waals surface area contributed by atoms with E-state index in [0.717, 1.165) is 0 Å². The highest BCUT2D eigenvalue weighted by molar-refractivity contribution is 6.05. The summed E-state index contributed by atoms with van der Waals surface area (Å²) in [6.45, 7) is 3.00. The first-order valence-electron chi connectivity index (χ1n) is 6.81. The summed E-state index contributed by atoms with van der Waals surface area (Å²) in [4.78, 5) is 33.7. The summed E-state index contributed by atoms with van der Waals surface area (Å²) < 4.78 is 0. The molecule has 0 aliphatic heterocycles. The van der Waals surface area contributed by atoms with E-state index in [2.05, 4.69) is 10.6 Å². The summed E-state index contributed by atoms with van der Waals surface area (Å²) in [5.41, 5.74) is 1.62. The topological polar surface area (TPSA) is 101 Å². The van der Waals surface area contributed by atoms with Crippen LogP contribution in [0.3, 0.4) is 0 Å². The Morgan fingerprint density at radius 3 is 2.39 bits per heavy atom. The van der Waals surface area contributed by atoms with E-state index in [4.69, 9.17) is 0 Å². The van der Waals surface area contributed by atoms with Crippen molar-refractivity contribution in [1.82, 2.24) is 0 Å². The van der Waals surface area contributed by atoms with E-state index in [1.165, 1.54) is 19.1 Å². The summed E-state index contributed by atoms with van der Waals surface area (Å²) in [7, 11) is 0. The molecule has 23 heavy (non-hydrogen) atoms. The van der Waals surface area contributed by atoms with Crippen LogP contribution in [0, 0.1) is 17.0 Å². The maximum atomic E-state index is 12.2. The molecule has 0 fully saturated rings. The predicted molar refractivity (Wildman–Crippen MR) is 86.5 cm³/mol. The van der Waals surface area contributed by atoms with Crippen molar-refractivity contribution in [1.29, 1.82) is 0 Å². The van der Waals surface area contributed by atoms with Gasteiger partial charge in [0.05, 0.1) is 4.92 Å². The highest BCUT2D eigenvalue weighted by Gasteiger charge is 2.13. The molecule has 2 aromatic rings. The molecule has 0 atom stereocenters. The van der Waals surface area contributed by atoms with Crippen molar-refractivity contribution in [3.63, 3.8) is 0 Å². The average Bonchev–Trinajstić information content (AvgIpc) is 2.48. The molecule has 0 saturated heterocycles. The van der Waals surface area contributed by atoms with Crippen LogP contribution in [0.4, 0.5) is 17.1 Å². The van der Waals surface area contributed by atoms with Crippen LogP contribution in [0.2, 0.25) is 0 Å². The quantitative estimate of drug-likeness (QED) is 0.668. The summed E-state index contributed by atoms with van der Waals surface area (Å²) in [6, 6.07) is 10.9. The van der Waals surface area contributed by atoms with Gasteiger partial charge in [-0.15, -0.1) is 0 Å². The van der Waals surface area contributed by atoms with Gasteiger partial charge in [0, 0.05) is 35.5 Å². The minimum absolute atomic E-state index is 0.0604. The van der Waals surface area contributed by atoms with Crippen LogP contribution < -0.4 is 10.6 Å². The maximum absolute atomic E-state index is 12.2. The molecule has 7 heteroatoms. The van der Waals surface area contributed by atoms with Gasteiger partial charge in [0.25, 0.3) is 11.6 Å². The second-order valence-electron chi connectivity index (χ2n) is 4.97. The molecule has 0 saturated carbocycles. The predicted octanol–water partition coefficient (Wildman–Crippen LogP) is 3.11. The van der Waals surface area contributed by atoms with E-state index >= 15 is 0 Å². The Labute approximate surface area is 132 Å². The van der Waals surface area contributed by atoms with Crippen molar-refractivity contribution in [2.45, 2.75) is 13.8 Å². The Kier molecular flexibility index (Phi) is 4.70. The van der Waals surface area contributed by atoms with Crippen LogP contribution in [0.15, 0.2) is 42.5 Å². The molecule has 2 aromatic carbocycles. The number of nitro benzene ring substituents is 1. The monoisotopic (exact) mass is 313 g/mol. The number of carbonyl (C=O) groups is 2. The lowest BCUT2D eigenvalue weighted by Gasteiger charge is -2.08. The lowest BCUT2D eigenvalue weighted by molar-refractivity contribution is -0.385. The van der Waals surface area contributed by atoms with Crippen molar-refractivity contribution in [3.8, 4) is 0 Å². The third-order valence-electron chi connectivity index (χ3n) is 3.11. The molecule has 0 unspecified atom stereocenters. The van der Waals surface area contributed by atoms with Gasteiger partial charge in [-0.05, 0) is 31.2 Å². The Balaban J connectivity index is 2.21. The zero-order valence-electron chi connectivity index (χ0n) is 12.6. The van der Waals surface area contributed by atoms with E-state index < -0.39 is 10.8 Å². The highest BCUT2D eigenvalue weighted by atomic mass is 16.6. The van der Waals surface area contributed by atoms with E-state index in [0.29, 0.717) is 22.5 Å². The van der Waals surface area contributed by atoms with Gasteiger partial charge in [-0.25, -0.2) is 0 Å². The molecule has 2 rings (SSSR count). The van der Waals surface area contributed by atoms with Crippen LogP contribution in [0.5, 0.6) is 0 Å². The molecule has 2 N–H and O–H groups in total. The summed E-state index contributed by atoms with van der Waals surface area (Å²) in [6.07, 6.45) is 0. The first-order valence-corrected chi connectivity index (χ1v) is 6.81. The van der Waals surface area contributed by atoms with Crippen molar-refractivity contribution in [2.75, 3.05) is 10.6 Å². The lowest BCUT2D eigenvalue weighted by Crippen LogP contribution is -2.13. The molecule has 0 bridgehead atoms. The fourth-order valence-electron chi connectivity index (χ4n) is 2.03. The maximum Gasteiger partial charge on any atom is 0.274 e. The third kappa shape index (κ3) is 4.13. The largest absolute Gasteiger partial charge is 0.326 e. The van der Waals surface area contributed by atoms with E-state index in [1.54, 1.807) is 37.3 Å². The number of hydrogen-bond donors (Lipinski definition) is 2. The zero-order chi connectivity index (χ0) is 17.0. The van der Waals surface area contributed by atoms with Gasteiger partial charge in [-0.1, -0.05) is 12.1 Å². The third-order valence-corrected chi connectivity index (χ3v) is 3.11. The molecule has 0 radical (unpaired) electrons. The van der Waals surface area contributed by atoms with Crippen LogP contribution >= 0.6 is 0 Å². The zero-order valence-corrected chi connectivity index (χ0v) is 12.6. The highest BCUT2D eigenvalue weighted by Crippen LogP contribution is 2.23. The van der Waals surface area contributed by atoms with Gasteiger partial charge >= 0.3 is 0 Å².